The summed E-state index contributed by atoms with van der Waals surface area (Å²) in [7, 11) is 1.52. The Balaban J connectivity index is 2.69. The molecule has 0 aliphatic carbocycles. The lowest BCUT2D eigenvalue weighted by atomic mass is 10.2. The Kier molecular flexibility index (Phi) is 3.47. The summed E-state index contributed by atoms with van der Waals surface area (Å²) in [5, 5.41) is 1.85. The normalized spacial score (nSPS) is 10.0. The number of ketones is 1. The molecular weight excluding hydrogens is 275 g/mol. The number of hydrogen-bond acceptors (Lipinski definition) is 3. The molecule has 0 atom stereocenters. The zero-order valence-electron chi connectivity index (χ0n) is 5.96. The maximum atomic E-state index is 11.1. The third kappa shape index (κ3) is 2.53. The fourth-order valence-corrected chi connectivity index (χ4v) is 2.02. The molecule has 1 rings (SSSR count). The minimum Gasteiger partial charge on any atom is -0.377 e. The number of rotatable bonds is 3. The lowest BCUT2D eigenvalue weighted by molar-refractivity contribution is 0.0848. The smallest absolute Gasteiger partial charge is 0.189 e. The number of hydrogen-bond donors (Lipinski definition) is 0. The van der Waals surface area contributed by atoms with Gasteiger partial charge in [-0.2, -0.15) is 0 Å². The molecule has 4 heteroatoms. The van der Waals surface area contributed by atoms with Crippen LogP contribution < -0.4 is 0 Å². The van der Waals surface area contributed by atoms with Crippen molar-refractivity contribution in [3.8, 4) is 0 Å². The number of halogens is 1. The Morgan fingerprint density at radius 3 is 3.00 bits per heavy atom. The van der Waals surface area contributed by atoms with Crippen LogP contribution in [0.5, 0.6) is 0 Å². The molecule has 0 N–H and O–H groups in total. The quantitative estimate of drug-likeness (QED) is 0.627. The first kappa shape index (κ1) is 9.15. The third-order valence-corrected chi connectivity index (χ3v) is 2.95. The van der Waals surface area contributed by atoms with Crippen molar-refractivity contribution in [2.45, 2.75) is 0 Å². The van der Waals surface area contributed by atoms with Crippen molar-refractivity contribution >= 4 is 39.7 Å². The molecule has 1 heterocycles. The molecule has 1 aromatic heterocycles. The average Bonchev–Trinajstić information content (AvgIpc) is 2.36. The van der Waals surface area contributed by atoms with E-state index in [1.165, 1.54) is 7.11 Å². The highest BCUT2D eigenvalue weighted by Crippen LogP contribution is 2.16. The van der Waals surface area contributed by atoms with E-state index < -0.39 is 0 Å². The number of Topliss-reactive ketones (excluding diaryl/α,β-unsaturated/α-hetero) is 1. The molecule has 0 aromatic carbocycles. The molecule has 11 heavy (non-hydrogen) atoms. The SMILES string of the molecule is COCC(=O)c1csc(I)c1. The van der Waals surface area contributed by atoms with Gasteiger partial charge in [-0.05, 0) is 28.7 Å². The van der Waals surface area contributed by atoms with Gasteiger partial charge in [0.05, 0.1) is 2.88 Å². The van der Waals surface area contributed by atoms with Gasteiger partial charge < -0.3 is 4.74 Å². The fraction of sp³-hybridized carbons (Fsp3) is 0.286. The zero-order chi connectivity index (χ0) is 8.27. The summed E-state index contributed by atoms with van der Waals surface area (Å²) in [6, 6.07) is 1.87. The Labute approximate surface area is 82.7 Å². The molecule has 0 aliphatic rings. The minimum atomic E-state index is 0.0478. The van der Waals surface area contributed by atoms with E-state index in [2.05, 4.69) is 22.6 Å². The van der Waals surface area contributed by atoms with Gasteiger partial charge in [-0.25, -0.2) is 0 Å². The van der Waals surface area contributed by atoms with Gasteiger partial charge in [-0.1, -0.05) is 0 Å². The van der Waals surface area contributed by atoms with Gasteiger partial charge in [0, 0.05) is 18.1 Å². The number of ether oxygens (including phenoxy) is 1. The van der Waals surface area contributed by atoms with Crippen molar-refractivity contribution in [2.75, 3.05) is 13.7 Å². The van der Waals surface area contributed by atoms with E-state index in [1.807, 2.05) is 11.4 Å². The molecule has 0 saturated heterocycles. The maximum Gasteiger partial charge on any atom is 0.189 e. The second kappa shape index (κ2) is 4.18. The van der Waals surface area contributed by atoms with Gasteiger partial charge in [0.1, 0.15) is 6.61 Å². The second-order valence-corrected chi connectivity index (χ2v) is 4.80. The summed E-state index contributed by atoms with van der Waals surface area (Å²) in [5.74, 6) is 0.0478. The largest absolute Gasteiger partial charge is 0.377 e. The number of thiophene rings is 1. The molecule has 1 aromatic rings. The number of carbonyl (C=O) groups excluding carboxylic acids is 1. The molecule has 60 valence electrons. The van der Waals surface area contributed by atoms with Gasteiger partial charge >= 0.3 is 0 Å². The van der Waals surface area contributed by atoms with Crippen LogP contribution >= 0.6 is 33.9 Å². The summed E-state index contributed by atoms with van der Waals surface area (Å²) in [6.45, 7) is 0.173. The van der Waals surface area contributed by atoms with Crippen molar-refractivity contribution < 1.29 is 9.53 Å². The third-order valence-electron chi connectivity index (χ3n) is 1.16. The molecule has 0 saturated carbocycles. The van der Waals surface area contributed by atoms with Gasteiger partial charge in [-0.3, -0.25) is 4.79 Å². The van der Waals surface area contributed by atoms with E-state index in [1.54, 1.807) is 11.3 Å². The molecule has 0 fully saturated rings. The van der Waals surface area contributed by atoms with Gasteiger partial charge in [0.15, 0.2) is 5.78 Å². The maximum absolute atomic E-state index is 11.1. The van der Waals surface area contributed by atoms with Crippen molar-refractivity contribution in [3.63, 3.8) is 0 Å². The first-order valence-electron chi connectivity index (χ1n) is 3.00. The molecule has 0 radical (unpaired) electrons. The predicted octanol–water partition coefficient (Wildman–Crippen LogP) is 2.18. The number of methoxy groups -OCH3 is 1. The Bertz CT molecular complexity index is 257. The molecule has 2 nitrogen and oxygen atoms in total. The average molecular weight is 282 g/mol. The van der Waals surface area contributed by atoms with Gasteiger partial charge in [0.2, 0.25) is 0 Å². The van der Waals surface area contributed by atoms with Crippen LogP contribution in [0.4, 0.5) is 0 Å². The standard InChI is InChI=1S/C7H7IO2S/c1-10-3-6(9)5-2-7(8)11-4-5/h2,4H,3H2,1H3. The molecular formula is C7H7IO2S. The monoisotopic (exact) mass is 282 g/mol. The van der Waals surface area contributed by atoms with Crippen molar-refractivity contribution in [1.29, 1.82) is 0 Å². The van der Waals surface area contributed by atoms with Crippen LogP contribution in [0, 0.1) is 2.88 Å². The van der Waals surface area contributed by atoms with Crippen LogP contribution in [0.2, 0.25) is 0 Å². The minimum absolute atomic E-state index is 0.0478. The van der Waals surface area contributed by atoms with Gasteiger partial charge in [0.25, 0.3) is 0 Å². The van der Waals surface area contributed by atoms with Crippen molar-refractivity contribution in [2.24, 2.45) is 0 Å². The predicted molar refractivity (Wildman–Crippen MR) is 53.2 cm³/mol. The topological polar surface area (TPSA) is 26.3 Å². The Morgan fingerprint density at radius 1 is 1.82 bits per heavy atom. The molecule has 0 spiro atoms. The van der Waals surface area contributed by atoms with Crippen molar-refractivity contribution in [3.05, 3.63) is 19.9 Å². The summed E-state index contributed by atoms with van der Waals surface area (Å²) >= 11 is 3.76. The highest BCUT2D eigenvalue weighted by Gasteiger charge is 2.06. The highest BCUT2D eigenvalue weighted by atomic mass is 127. The van der Waals surface area contributed by atoms with Crippen LogP contribution in [-0.4, -0.2) is 19.5 Å². The first-order chi connectivity index (χ1) is 5.24. The van der Waals surface area contributed by atoms with E-state index in [4.69, 9.17) is 4.74 Å². The molecule has 0 aliphatic heterocycles. The second-order valence-electron chi connectivity index (χ2n) is 2.00. The van der Waals surface area contributed by atoms with Crippen LogP contribution in [0.25, 0.3) is 0 Å². The lowest BCUT2D eigenvalue weighted by Crippen LogP contribution is -2.05. The Hall–Kier alpha value is 0.0600. The van der Waals surface area contributed by atoms with Crippen LogP contribution in [-0.2, 0) is 4.74 Å². The summed E-state index contributed by atoms with van der Waals surface area (Å²) < 4.78 is 5.85. The molecule has 0 unspecified atom stereocenters. The zero-order valence-corrected chi connectivity index (χ0v) is 8.94. The van der Waals surface area contributed by atoms with E-state index >= 15 is 0 Å². The van der Waals surface area contributed by atoms with E-state index in [0.29, 0.717) is 0 Å². The molecule has 0 amide bonds. The molecule has 0 bridgehead atoms. The van der Waals surface area contributed by atoms with E-state index in [-0.39, 0.29) is 12.4 Å². The fourth-order valence-electron chi connectivity index (χ4n) is 0.671. The first-order valence-corrected chi connectivity index (χ1v) is 4.96. The summed E-state index contributed by atoms with van der Waals surface area (Å²) in [5.41, 5.74) is 0.751. The van der Waals surface area contributed by atoms with Crippen LogP contribution in [0.1, 0.15) is 10.4 Å². The lowest BCUT2D eigenvalue weighted by Gasteiger charge is -1.92. The van der Waals surface area contributed by atoms with Gasteiger partial charge in [-0.15, -0.1) is 11.3 Å². The van der Waals surface area contributed by atoms with Crippen molar-refractivity contribution in [1.82, 2.24) is 0 Å². The highest BCUT2D eigenvalue weighted by molar-refractivity contribution is 14.1. The van der Waals surface area contributed by atoms with E-state index in [0.717, 1.165) is 8.45 Å². The number of carbonyl (C=O) groups is 1. The van der Waals surface area contributed by atoms with Crippen LogP contribution in [0.3, 0.4) is 0 Å². The summed E-state index contributed by atoms with van der Waals surface area (Å²) in [6.07, 6.45) is 0. The Morgan fingerprint density at radius 2 is 2.55 bits per heavy atom. The van der Waals surface area contributed by atoms with E-state index in [9.17, 15) is 4.79 Å². The van der Waals surface area contributed by atoms with Crippen LogP contribution in [0.15, 0.2) is 11.4 Å². The summed E-state index contributed by atoms with van der Waals surface area (Å²) in [4.78, 5) is 11.1.